The van der Waals surface area contributed by atoms with E-state index < -0.39 is 16.6 Å². The molecule has 0 radical (unpaired) electrons. The number of benzene rings is 2. The second-order valence-electron chi connectivity index (χ2n) is 22.7. The van der Waals surface area contributed by atoms with Gasteiger partial charge in [0.1, 0.15) is 17.3 Å². The Kier molecular flexibility index (Phi) is 5.84. The highest BCUT2D eigenvalue weighted by molar-refractivity contribution is 5.79. The van der Waals surface area contributed by atoms with Gasteiger partial charge in [-0.15, -0.1) is 0 Å². The number of rotatable bonds is 11. The highest BCUT2D eigenvalue weighted by Crippen LogP contribution is 2.89. The van der Waals surface area contributed by atoms with Gasteiger partial charge in [-0.2, -0.15) is 0 Å². The van der Waals surface area contributed by atoms with Crippen molar-refractivity contribution in [3.8, 4) is 23.0 Å². The number of carbonyl (C=O) groups is 2. The van der Waals surface area contributed by atoms with E-state index in [1.54, 1.807) is 0 Å². The van der Waals surface area contributed by atoms with Crippen LogP contribution >= 0.6 is 0 Å². The number of ether oxygens (including phenoxy) is 4. The Morgan fingerprint density at radius 3 is 2.03 bits per heavy atom. The van der Waals surface area contributed by atoms with Gasteiger partial charge in [-0.05, 0) is 107 Å². The fraction of sp³-hybridized carbons (Fsp3) is 0.640. The molecule has 2 saturated heterocycles. The maximum absolute atomic E-state index is 13.5. The lowest BCUT2D eigenvalue weighted by atomic mass is 9.53. The van der Waals surface area contributed by atoms with Crippen molar-refractivity contribution >= 4 is 11.9 Å². The van der Waals surface area contributed by atoms with E-state index in [4.69, 9.17) is 18.9 Å². The van der Waals surface area contributed by atoms with E-state index in [0.29, 0.717) is 42.6 Å². The van der Waals surface area contributed by atoms with Crippen molar-refractivity contribution in [1.29, 1.82) is 0 Å². The molecule has 4 heterocycles. The van der Waals surface area contributed by atoms with Gasteiger partial charge in [0.2, 0.25) is 0 Å². The van der Waals surface area contributed by atoms with E-state index in [1.165, 1.54) is 54.5 Å². The molecule has 59 heavy (non-hydrogen) atoms. The van der Waals surface area contributed by atoms with Gasteiger partial charge in [0.05, 0.1) is 38.0 Å². The first kappa shape index (κ1) is 35.0. The summed E-state index contributed by atoms with van der Waals surface area (Å²) in [5.74, 6) is 3.28. The van der Waals surface area contributed by atoms with Gasteiger partial charge in [0, 0.05) is 65.2 Å². The molecule has 2 aromatic carbocycles. The fourth-order valence-corrected chi connectivity index (χ4v) is 18.0. The number of unbranched alkanes of at least 4 members (excludes halogenated alkanes) is 1. The Hall–Kier alpha value is -3.66. The number of piperidine rings is 2. The minimum Gasteiger partial charge on any atom is -0.481 e. The summed E-state index contributed by atoms with van der Waals surface area (Å²) in [4.78, 5) is 26.9. The van der Waals surface area contributed by atoms with Crippen molar-refractivity contribution in [2.75, 3.05) is 27.2 Å². The van der Waals surface area contributed by atoms with Gasteiger partial charge in [-0.1, -0.05) is 20.1 Å². The molecule has 8 fully saturated rings. The Labute approximate surface area is 346 Å². The first-order chi connectivity index (χ1) is 28.1. The lowest BCUT2D eigenvalue weighted by Gasteiger charge is -2.53. The van der Waals surface area contributed by atoms with Crippen LogP contribution in [0.15, 0.2) is 48.6 Å². The summed E-state index contributed by atoms with van der Waals surface area (Å²) in [6, 6.07) is 9.11. The first-order valence-corrected chi connectivity index (χ1v) is 23.0. The Morgan fingerprint density at radius 2 is 1.39 bits per heavy atom. The number of carbonyl (C=O) groups excluding carboxylic acids is 2. The predicted molar refractivity (Wildman–Crippen MR) is 217 cm³/mol. The lowest BCUT2D eigenvalue weighted by molar-refractivity contribution is -0.837. The topological polar surface area (TPSA) is 91.3 Å². The molecule has 4 spiro atoms. The van der Waals surface area contributed by atoms with Crippen molar-refractivity contribution in [1.82, 2.24) is 0 Å². The molecule has 308 valence electrons. The largest absolute Gasteiger partial charge is 0.481 e. The van der Waals surface area contributed by atoms with Crippen LogP contribution in [0, 0.1) is 17.3 Å². The molecule has 4 bridgehead atoms. The van der Waals surface area contributed by atoms with E-state index >= 15 is 0 Å². The quantitative estimate of drug-likeness (QED) is 0.0639. The van der Waals surface area contributed by atoms with E-state index in [-0.39, 0.29) is 58.8 Å². The number of fused-ring (bicyclic) bond motifs is 2. The summed E-state index contributed by atoms with van der Waals surface area (Å²) < 4.78 is 28.1. The van der Waals surface area contributed by atoms with Crippen LogP contribution in [0.5, 0.6) is 23.0 Å². The number of quaternary nitrogens is 2. The average molecular weight is 799 g/mol. The normalized spacial score (nSPS) is 47.9. The summed E-state index contributed by atoms with van der Waals surface area (Å²) in [7, 11) is 4.89. The van der Waals surface area contributed by atoms with Gasteiger partial charge < -0.3 is 33.0 Å². The summed E-state index contributed by atoms with van der Waals surface area (Å²) >= 11 is 0. The zero-order chi connectivity index (χ0) is 40.3. The number of likely N-dealkylation sites (N-methyl/N-ethyl adjacent to an activating group) is 2. The molecule has 12 atom stereocenters. The molecule has 6 unspecified atom stereocenters. The number of hydrogen-bond acceptors (Lipinski definition) is 7. The van der Waals surface area contributed by atoms with Crippen LogP contribution in [0.1, 0.15) is 126 Å². The molecule has 14 rings (SSSR count). The van der Waals surface area contributed by atoms with Crippen LogP contribution in [0.4, 0.5) is 0 Å². The maximum atomic E-state index is 13.5. The molecule has 12 aliphatic rings. The first-order valence-electron chi connectivity index (χ1n) is 23.0. The zero-order valence-electron chi connectivity index (χ0n) is 35.2. The van der Waals surface area contributed by atoms with Crippen LogP contribution < -0.4 is 18.9 Å². The SMILES string of the molecule is C=C1CC[C@@]2(C)C3C4(C[C@@]25c2c4ccc(OC(=O)CCCCC(=O)Oc4ccc6c7c4O[C@@]4(C)C(=C)CC[C@@]8(O)C9C6(C[C@]748)[N+]9(C)CC4CC4)c2O[C@@H]15)[N+]3(C)CC1CC1. The molecule has 9 nitrogen and oxygen atoms in total. The second kappa shape index (κ2) is 9.84. The van der Waals surface area contributed by atoms with Gasteiger partial charge in [0.25, 0.3) is 0 Å². The molecule has 6 saturated carbocycles. The van der Waals surface area contributed by atoms with E-state index in [9.17, 15) is 14.7 Å². The summed E-state index contributed by atoms with van der Waals surface area (Å²) in [6.07, 6.45) is 12.1. The second-order valence-corrected chi connectivity index (χ2v) is 22.7. The highest BCUT2D eigenvalue weighted by atomic mass is 16.6. The maximum Gasteiger partial charge on any atom is 0.311 e. The highest BCUT2D eigenvalue weighted by Gasteiger charge is 3.01. The summed E-state index contributed by atoms with van der Waals surface area (Å²) in [5, 5.41) is 12.9. The van der Waals surface area contributed by atoms with Crippen molar-refractivity contribution in [3.05, 3.63) is 70.8 Å². The zero-order valence-corrected chi connectivity index (χ0v) is 35.2. The fourth-order valence-electron chi connectivity index (χ4n) is 18.0. The summed E-state index contributed by atoms with van der Waals surface area (Å²) in [6.45, 7) is 16.1. The minimum atomic E-state index is -0.893. The predicted octanol–water partition coefficient (Wildman–Crippen LogP) is 7.29. The van der Waals surface area contributed by atoms with Crippen LogP contribution in [0.2, 0.25) is 0 Å². The van der Waals surface area contributed by atoms with Crippen molar-refractivity contribution in [2.45, 2.75) is 155 Å². The molecule has 9 heteroatoms. The monoisotopic (exact) mass is 798 g/mol. The Bertz CT molecular complexity index is 2470. The number of esters is 2. The van der Waals surface area contributed by atoms with Crippen LogP contribution in [0.25, 0.3) is 0 Å². The van der Waals surface area contributed by atoms with Crippen molar-refractivity contribution < 1.29 is 42.6 Å². The average Bonchev–Trinajstić information content (AvgIpc) is 4.15. The molecule has 1 N–H and O–H groups in total. The third-order valence-electron chi connectivity index (χ3n) is 20.4. The third kappa shape index (κ3) is 3.33. The molecule has 0 aromatic heterocycles. The summed E-state index contributed by atoms with van der Waals surface area (Å²) in [5.41, 5.74) is 5.10. The van der Waals surface area contributed by atoms with E-state index in [0.717, 1.165) is 76.3 Å². The van der Waals surface area contributed by atoms with Crippen molar-refractivity contribution in [2.24, 2.45) is 17.3 Å². The molecule has 4 aliphatic heterocycles. The Balaban J connectivity index is 0.678. The molecule has 8 aliphatic carbocycles. The van der Waals surface area contributed by atoms with Gasteiger partial charge >= 0.3 is 11.9 Å². The number of aliphatic hydroxyl groups is 1. The van der Waals surface area contributed by atoms with E-state index in [1.807, 2.05) is 12.1 Å². The molecule has 0 amide bonds. The van der Waals surface area contributed by atoms with Crippen LogP contribution in [-0.4, -0.2) is 82.6 Å². The van der Waals surface area contributed by atoms with Crippen LogP contribution in [0.3, 0.4) is 0 Å². The number of hydrogen-bond donors (Lipinski definition) is 1. The van der Waals surface area contributed by atoms with Gasteiger partial charge in [-0.3, -0.25) is 9.59 Å². The van der Waals surface area contributed by atoms with Crippen molar-refractivity contribution in [3.63, 3.8) is 0 Å². The smallest absolute Gasteiger partial charge is 0.311 e. The van der Waals surface area contributed by atoms with Gasteiger partial charge in [0.15, 0.2) is 46.2 Å². The molecule has 2 aromatic rings. The standard InChI is InChI=1S/C50H58N2O7/c1-27-19-21-44(3)42-47(51(42,5)23-29-11-12-29)25-46(44)37-31(47)15-17-33(39(37)58-41(27)46)56-35(53)9-7-8-10-36(54)57-34-18-16-32-38-40(34)59-45(4)28(2)20-22-50(55)43-48(32,26-49(38,45)50)52(43,6)24-30-13-14-30/h15-18,29-30,41-43,55H,1-2,7-14,19-26H2,3-6H3/q+2/t41-,42?,43?,44-,45-,46-,47?,48?,49-,50+,51?,52?/m0/s1. The van der Waals surface area contributed by atoms with Crippen LogP contribution in [-0.2, 0) is 31.5 Å². The molecular weight excluding hydrogens is 741 g/mol. The minimum absolute atomic E-state index is 0.0626. The number of nitrogens with zero attached hydrogens (tertiary/aromatic N) is 2. The Morgan fingerprint density at radius 1 is 0.797 bits per heavy atom. The van der Waals surface area contributed by atoms with Gasteiger partial charge in [-0.25, -0.2) is 0 Å². The molecular formula is C50H58N2O7+2. The van der Waals surface area contributed by atoms with E-state index in [2.05, 4.69) is 53.2 Å². The lowest BCUT2D eigenvalue weighted by Crippen LogP contribution is -2.68. The third-order valence-corrected chi connectivity index (χ3v) is 20.4. The number of likely N-dealkylation sites (tertiary alicyclic amines) is 2.